The van der Waals surface area contributed by atoms with E-state index in [0.29, 0.717) is 24.9 Å². The lowest BCUT2D eigenvalue weighted by molar-refractivity contribution is 0.210. The SMILES string of the molecule is COCCNc1nncc(Nc2ccccc2C)n1. The Morgan fingerprint density at radius 3 is 2.89 bits per heavy atom. The van der Waals surface area contributed by atoms with E-state index in [1.807, 2.05) is 31.2 Å². The number of hydrogen-bond acceptors (Lipinski definition) is 6. The smallest absolute Gasteiger partial charge is 0.244 e. The average Bonchev–Trinajstić information content (AvgIpc) is 2.42. The quantitative estimate of drug-likeness (QED) is 0.773. The van der Waals surface area contributed by atoms with Crippen molar-refractivity contribution in [1.82, 2.24) is 15.2 Å². The van der Waals surface area contributed by atoms with E-state index in [1.54, 1.807) is 13.3 Å². The Morgan fingerprint density at radius 1 is 1.26 bits per heavy atom. The Hall–Kier alpha value is -2.21. The highest BCUT2D eigenvalue weighted by molar-refractivity contribution is 5.59. The normalized spacial score (nSPS) is 10.2. The zero-order valence-corrected chi connectivity index (χ0v) is 11.1. The van der Waals surface area contributed by atoms with Gasteiger partial charge in [0.05, 0.1) is 12.8 Å². The largest absolute Gasteiger partial charge is 0.383 e. The number of para-hydroxylation sites is 1. The van der Waals surface area contributed by atoms with Gasteiger partial charge in [-0.25, -0.2) is 0 Å². The topological polar surface area (TPSA) is 72.0 Å². The maximum atomic E-state index is 4.95. The van der Waals surface area contributed by atoms with Gasteiger partial charge >= 0.3 is 0 Å². The summed E-state index contributed by atoms with van der Waals surface area (Å²) in [5.74, 6) is 1.14. The predicted molar refractivity (Wildman–Crippen MR) is 74.7 cm³/mol. The lowest BCUT2D eigenvalue weighted by Crippen LogP contribution is -2.11. The first kappa shape index (κ1) is 13.2. The molecule has 0 unspecified atom stereocenters. The average molecular weight is 259 g/mol. The van der Waals surface area contributed by atoms with Crippen LogP contribution in [0.1, 0.15) is 5.56 Å². The molecular formula is C13H17N5O. The van der Waals surface area contributed by atoms with Crippen molar-refractivity contribution in [3.8, 4) is 0 Å². The maximum Gasteiger partial charge on any atom is 0.244 e. The van der Waals surface area contributed by atoms with Crippen LogP contribution in [-0.2, 0) is 4.74 Å². The van der Waals surface area contributed by atoms with E-state index in [0.717, 1.165) is 11.3 Å². The second kappa shape index (κ2) is 6.65. The molecule has 2 rings (SSSR count). The zero-order valence-electron chi connectivity index (χ0n) is 11.1. The fourth-order valence-electron chi connectivity index (χ4n) is 1.55. The van der Waals surface area contributed by atoms with Crippen molar-refractivity contribution < 1.29 is 4.74 Å². The van der Waals surface area contributed by atoms with Crippen LogP contribution >= 0.6 is 0 Å². The van der Waals surface area contributed by atoms with Gasteiger partial charge in [-0.1, -0.05) is 18.2 Å². The minimum absolute atomic E-state index is 0.482. The molecule has 2 aromatic rings. The number of anilines is 3. The fourth-order valence-corrected chi connectivity index (χ4v) is 1.55. The number of benzene rings is 1. The van der Waals surface area contributed by atoms with Crippen LogP contribution in [0.4, 0.5) is 17.5 Å². The molecule has 19 heavy (non-hydrogen) atoms. The van der Waals surface area contributed by atoms with Crippen molar-refractivity contribution in [2.45, 2.75) is 6.92 Å². The third-order valence-corrected chi connectivity index (χ3v) is 2.56. The Kier molecular flexibility index (Phi) is 4.63. The molecule has 1 aromatic carbocycles. The molecule has 0 saturated heterocycles. The molecule has 0 amide bonds. The summed E-state index contributed by atoms with van der Waals surface area (Å²) in [6, 6.07) is 8.00. The van der Waals surface area contributed by atoms with Crippen LogP contribution in [-0.4, -0.2) is 35.4 Å². The van der Waals surface area contributed by atoms with Gasteiger partial charge in [0.15, 0.2) is 5.82 Å². The lowest BCUT2D eigenvalue weighted by atomic mass is 10.2. The number of nitrogens with zero attached hydrogens (tertiary/aromatic N) is 3. The van der Waals surface area contributed by atoms with Gasteiger partial charge in [0, 0.05) is 19.3 Å². The summed E-state index contributed by atoms with van der Waals surface area (Å²) in [4.78, 5) is 4.33. The molecule has 0 saturated carbocycles. The lowest BCUT2D eigenvalue weighted by Gasteiger charge is -2.09. The van der Waals surface area contributed by atoms with E-state index < -0.39 is 0 Å². The Bertz CT molecular complexity index is 532. The van der Waals surface area contributed by atoms with Crippen LogP contribution in [0, 0.1) is 6.92 Å². The van der Waals surface area contributed by atoms with Crippen molar-refractivity contribution in [2.24, 2.45) is 0 Å². The summed E-state index contributed by atoms with van der Waals surface area (Å²) in [5, 5.41) is 14.1. The van der Waals surface area contributed by atoms with Crippen molar-refractivity contribution in [3.63, 3.8) is 0 Å². The van der Waals surface area contributed by atoms with Gasteiger partial charge in [0.1, 0.15) is 0 Å². The first-order chi connectivity index (χ1) is 9.29. The summed E-state index contributed by atoms with van der Waals surface area (Å²) >= 11 is 0. The molecule has 6 nitrogen and oxygen atoms in total. The predicted octanol–water partition coefficient (Wildman–Crippen LogP) is 1.98. The first-order valence-electron chi connectivity index (χ1n) is 6.05. The number of rotatable bonds is 6. The van der Waals surface area contributed by atoms with Crippen molar-refractivity contribution in [3.05, 3.63) is 36.0 Å². The molecule has 0 spiro atoms. The Balaban J connectivity index is 2.05. The number of methoxy groups -OCH3 is 1. The van der Waals surface area contributed by atoms with Crippen LogP contribution in [0.5, 0.6) is 0 Å². The van der Waals surface area contributed by atoms with E-state index in [4.69, 9.17) is 4.74 Å². The number of nitrogens with one attached hydrogen (secondary N) is 2. The third-order valence-electron chi connectivity index (χ3n) is 2.56. The van der Waals surface area contributed by atoms with Crippen molar-refractivity contribution >= 4 is 17.5 Å². The number of aromatic nitrogens is 3. The molecule has 6 heteroatoms. The van der Waals surface area contributed by atoms with Gasteiger partial charge in [-0.3, -0.25) is 0 Å². The molecule has 0 aliphatic heterocycles. The summed E-state index contributed by atoms with van der Waals surface area (Å²) in [6.45, 7) is 3.28. The van der Waals surface area contributed by atoms with E-state index in [-0.39, 0.29) is 0 Å². The molecule has 1 heterocycles. The molecule has 1 aromatic heterocycles. The summed E-state index contributed by atoms with van der Waals surface area (Å²) < 4.78 is 4.95. The second-order valence-electron chi connectivity index (χ2n) is 4.02. The van der Waals surface area contributed by atoms with Gasteiger partial charge in [-0.2, -0.15) is 10.1 Å². The van der Waals surface area contributed by atoms with Crippen LogP contribution in [0.25, 0.3) is 0 Å². The van der Waals surface area contributed by atoms with E-state index >= 15 is 0 Å². The molecule has 100 valence electrons. The summed E-state index contributed by atoms with van der Waals surface area (Å²) in [7, 11) is 1.65. The standard InChI is InChI=1S/C13H17N5O/c1-10-5-3-4-6-11(10)16-12-9-15-18-13(17-12)14-7-8-19-2/h3-6,9H,7-8H2,1-2H3,(H2,14,16,17,18). The molecule has 0 aliphatic carbocycles. The van der Waals surface area contributed by atoms with E-state index in [9.17, 15) is 0 Å². The zero-order chi connectivity index (χ0) is 13.5. The van der Waals surface area contributed by atoms with Gasteiger partial charge in [0.2, 0.25) is 5.95 Å². The molecule has 0 aliphatic rings. The third kappa shape index (κ3) is 3.89. The molecule has 0 atom stereocenters. The molecule has 0 bridgehead atoms. The minimum atomic E-state index is 0.482. The van der Waals surface area contributed by atoms with E-state index in [1.165, 1.54) is 0 Å². The number of hydrogen-bond donors (Lipinski definition) is 2. The summed E-state index contributed by atoms with van der Waals surface area (Å²) in [6.07, 6.45) is 1.59. The molecular weight excluding hydrogens is 242 g/mol. The highest BCUT2D eigenvalue weighted by Crippen LogP contribution is 2.18. The van der Waals surface area contributed by atoms with Crippen LogP contribution in [0.15, 0.2) is 30.5 Å². The fraction of sp³-hybridized carbons (Fsp3) is 0.308. The maximum absolute atomic E-state index is 4.95. The minimum Gasteiger partial charge on any atom is -0.383 e. The highest BCUT2D eigenvalue weighted by Gasteiger charge is 2.02. The van der Waals surface area contributed by atoms with E-state index in [2.05, 4.69) is 25.8 Å². The second-order valence-corrected chi connectivity index (χ2v) is 4.02. The van der Waals surface area contributed by atoms with Crippen LogP contribution < -0.4 is 10.6 Å². The van der Waals surface area contributed by atoms with Gasteiger partial charge < -0.3 is 15.4 Å². The summed E-state index contributed by atoms with van der Waals surface area (Å²) in [5.41, 5.74) is 2.15. The first-order valence-corrected chi connectivity index (χ1v) is 6.05. The van der Waals surface area contributed by atoms with Gasteiger partial charge in [-0.05, 0) is 18.6 Å². The molecule has 2 N–H and O–H groups in total. The monoisotopic (exact) mass is 259 g/mol. The van der Waals surface area contributed by atoms with Crippen molar-refractivity contribution in [1.29, 1.82) is 0 Å². The Morgan fingerprint density at radius 2 is 2.11 bits per heavy atom. The Labute approximate surface area is 112 Å². The van der Waals surface area contributed by atoms with Crippen LogP contribution in [0.2, 0.25) is 0 Å². The molecule has 0 radical (unpaired) electrons. The van der Waals surface area contributed by atoms with Crippen molar-refractivity contribution in [2.75, 3.05) is 30.9 Å². The van der Waals surface area contributed by atoms with Crippen LogP contribution in [0.3, 0.4) is 0 Å². The van der Waals surface area contributed by atoms with Gasteiger partial charge in [-0.15, -0.1) is 5.10 Å². The number of ether oxygens (including phenoxy) is 1. The number of aryl methyl sites for hydroxylation is 1. The highest BCUT2D eigenvalue weighted by atomic mass is 16.5. The molecule has 0 fully saturated rings. The van der Waals surface area contributed by atoms with Gasteiger partial charge in [0.25, 0.3) is 0 Å².